The van der Waals surface area contributed by atoms with Gasteiger partial charge < -0.3 is 9.84 Å². The van der Waals surface area contributed by atoms with Crippen molar-refractivity contribution in [3.63, 3.8) is 0 Å². The van der Waals surface area contributed by atoms with Gasteiger partial charge in [-0.3, -0.25) is 4.79 Å². The highest BCUT2D eigenvalue weighted by Crippen LogP contribution is 2.37. The predicted molar refractivity (Wildman–Crippen MR) is 49.1 cm³/mol. The number of carboxylic acid groups (broad SMARTS) is 1. The van der Waals surface area contributed by atoms with Gasteiger partial charge in [0.25, 0.3) is 5.92 Å². The van der Waals surface area contributed by atoms with Crippen LogP contribution in [0.2, 0.25) is 0 Å². The van der Waals surface area contributed by atoms with Crippen LogP contribution in [0.15, 0.2) is 24.3 Å². The van der Waals surface area contributed by atoms with Crippen LogP contribution in [0.5, 0.6) is 5.75 Å². The fourth-order valence-electron chi connectivity index (χ4n) is 1.23. The SMILES string of the molecule is COc1ccccc1C(F)(F)CC(=O)O. The average molecular weight is 216 g/mol. The molecule has 0 saturated heterocycles. The van der Waals surface area contributed by atoms with Crippen LogP contribution in [0.25, 0.3) is 0 Å². The van der Waals surface area contributed by atoms with Crippen molar-refractivity contribution >= 4 is 5.97 Å². The monoisotopic (exact) mass is 216 g/mol. The lowest BCUT2D eigenvalue weighted by atomic mass is 10.0. The molecule has 0 saturated carbocycles. The maximum Gasteiger partial charge on any atom is 0.309 e. The number of benzene rings is 1. The van der Waals surface area contributed by atoms with E-state index in [9.17, 15) is 13.6 Å². The Morgan fingerprint density at radius 3 is 2.60 bits per heavy atom. The third-order valence-electron chi connectivity index (χ3n) is 1.87. The summed E-state index contributed by atoms with van der Waals surface area (Å²) in [6.45, 7) is 0. The first-order valence-corrected chi connectivity index (χ1v) is 4.20. The molecule has 0 heterocycles. The summed E-state index contributed by atoms with van der Waals surface area (Å²) in [5, 5.41) is 8.35. The van der Waals surface area contributed by atoms with Gasteiger partial charge in [-0.2, -0.15) is 0 Å². The van der Waals surface area contributed by atoms with Crippen LogP contribution in [0, 0.1) is 0 Å². The molecule has 1 N–H and O–H groups in total. The molecule has 1 rings (SSSR count). The Labute approximate surface area is 85.3 Å². The zero-order valence-corrected chi connectivity index (χ0v) is 8.04. The lowest BCUT2D eigenvalue weighted by Crippen LogP contribution is -2.19. The van der Waals surface area contributed by atoms with E-state index in [1.807, 2.05) is 0 Å². The van der Waals surface area contributed by atoms with E-state index in [4.69, 9.17) is 9.84 Å². The molecule has 82 valence electrons. The van der Waals surface area contributed by atoms with Gasteiger partial charge in [0.15, 0.2) is 0 Å². The molecule has 0 unspecified atom stereocenters. The van der Waals surface area contributed by atoms with E-state index in [-0.39, 0.29) is 5.75 Å². The fourth-order valence-corrected chi connectivity index (χ4v) is 1.23. The van der Waals surface area contributed by atoms with E-state index in [1.54, 1.807) is 6.07 Å². The summed E-state index contributed by atoms with van der Waals surface area (Å²) in [5.74, 6) is -4.98. The van der Waals surface area contributed by atoms with Crippen LogP contribution in [-0.2, 0) is 10.7 Å². The molecule has 0 bridgehead atoms. The largest absolute Gasteiger partial charge is 0.496 e. The van der Waals surface area contributed by atoms with Gasteiger partial charge in [-0.1, -0.05) is 12.1 Å². The third-order valence-corrected chi connectivity index (χ3v) is 1.87. The molecule has 3 nitrogen and oxygen atoms in total. The quantitative estimate of drug-likeness (QED) is 0.839. The first-order chi connectivity index (χ1) is 6.97. The Kier molecular flexibility index (Phi) is 3.24. The van der Waals surface area contributed by atoms with Crippen LogP contribution < -0.4 is 4.74 Å². The molecule has 0 amide bonds. The molecule has 0 aliphatic rings. The summed E-state index contributed by atoms with van der Waals surface area (Å²) in [4.78, 5) is 10.3. The zero-order chi connectivity index (χ0) is 11.5. The van der Waals surface area contributed by atoms with E-state index >= 15 is 0 Å². The first-order valence-electron chi connectivity index (χ1n) is 4.20. The Balaban J connectivity index is 3.07. The van der Waals surface area contributed by atoms with E-state index < -0.39 is 23.9 Å². The van der Waals surface area contributed by atoms with E-state index in [0.29, 0.717) is 0 Å². The second-order valence-electron chi connectivity index (χ2n) is 2.98. The second kappa shape index (κ2) is 4.25. The normalized spacial score (nSPS) is 11.1. The smallest absolute Gasteiger partial charge is 0.309 e. The van der Waals surface area contributed by atoms with E-state index in [0.717, 1.165) is 6.07 Å². The van der Waals surface area contributed by atoms with Crippen molar-refractivity contribution in [2.45, 2.75) is 12.3 Å². The Morgan fingerprint density at radius 1 is 1.47 bits per heavy atom. The fraction of sp³-hybridized carbons (Fsp3) is 0.300. The number of ether oxygens (including phenoxy) is 1. The second-order valence-corrected chi connectivity index (χ2v) is 2.98. The molecule has 5 heteroatoms. The molecule has 0 aliphatic heterocycles. The Bertz CT molecular complexity index is 363. The number of carboxylic acids is 1. The summed E-state index contributed by atoms with van der Waals surface area (Å²) in [5.41, 5.74) is -0.408. The van der Waals surface area contributed by atoms with Gasteiger partial charge >= 0.3 is 5.97 Å². The number of hydrogen-bond acceptors (Lipinski definition) is 2. The Morgan fingerprint density at radius 2 is 2.07 bits per heavy atom. The first kappa shape index (κ1) is 11.4. The van der Waals surface area contributed by atoms with Crippen molar-refractivity contribution in [2.75, 3.05) is 7.11 Å². The van der Waals surface area contributed by atoms with Crippen LogP contribution in [0.3, 0.4) is 0 Å². The summed E-state index contributed by atoms with van der Waals surface area (Å²) in [6.07, 6.45) is -1.24. The van der Waals surface area contributed by atoms with Crippen LogP contribution in [-0.4, -0.2) is 18.2 Å². The zero-order valence-electron chi connectivity index (χ0n) is 8.04. The number of methoxy groups -OCH3 is 1. The van der Waals surface area contributed by atoms with Gasteiger partial charge in [0.05, 0.1) is 12.7 Å². The summed E-state index contributed by atoms with van der Waals surface area (Å²) >= 11 is 0. The molecule has 0 radical (unpaired) electrons. The number of carbonyl (C=O) groups is 1. The van der Waals surface area contributed by atoms with Crippen LogP contribution in [0.4, 0.5) is 8.78 Å². The topological polar surface area (TPSA) is 46.5 Å². The van der Waals surface area contributed by atoms with Gasteiger partial charge in [-0.15, -0.1) is 0 Å². The third kappa shape index (κ3) is 2.65. The lowest BCUT2D eigenvalue weighted by molar-refractivity contribution is -0.145. The summed E-state index contributed by atoms with van der Waals surface area (Å²) in [7, 11) is 1.26. The molecule has 0 aliphatic carbocycles. The summed E-state index contributed by atoms with van der Waals surface area (Å²) < 4.78 is 31.5. The molecule has 1 aromatic carbocycles. The average Bonchev–Trinajstić information content (AvgIpc) is 2.16. The van der Waals surface area contributed by atoms with E-state index in [1.165, 1.54) is 19.2 Å². The molecule has 0 atom stereocenters. The maximum absolute atomic E-state index is 13.4. The van der Waals surface area contributed by atoms with Crippen molar-refractivity contribution in [1.29, 1.82) is 0 Å². The number of hydrogen-bond donors (Lipinski definition) is 1. The van der Waals surface area contributed by atoms with Crippen molar-refractivity contribution in [2.24, 2.45) is 0 Å². The van der Waals surface area contributed by atoms with Crippen molar-refractivity contribution in [3.05, 3.63) is 29.8 Å². The Hall–Kier alpha value is -1.65. The molecule has 15 heavy (non-hydrogen) atoms. The molecule has 0 spiro atoms. The van der Waals surface area contributed by atoms with Crippen molar-refractivity contribution < 1.29 is 23.4 Å². The lowest BCUT2D eigenvalue weighted by Gasteiger charge is -2.17. The molecular formula is C10H10F2O3. The van der Waals surface area contributed by atoms with Gasteiger partial charge in [-0.25, -0.2) is 8.78 Å². The van der Waals surface area contributed by atoms with Gasteiger partial charge in [0, 0.05) is 0 Å². The molecule has 0 fully saturated rings. The van der Waals surface area contributed by atoms with Gasteiger partial charge in [0.1, 0.15) is 12.2 Å². The number of rotatable bonds is 4. The molecular weight excluding hydrogens is 206 g/mol. The summed E-state index contributed by atoms with van der Waals surface area (Å²) in [6, 6.07) is 5.47. The molecule has 0 aromatic heterocycles. The predicted octanol–water partition coefficient (Wildman–Crippen LogP) is 2.26. The maximum atomic E-state index is 13.4. The van der Waals surface area contributed by atoms with Crippen LogP contribution in [0.1, 0.15) is 12.0 Å². The van der Waals surface area contributed by atoms with Crippen LogP contribution >= 0.6 is 0 Å². The highest BCUT2D eigenvalue weighted by molar-refractivity contribution is 5.68. The minimum Gasteiger partial charge on any atom is -0.496 e. The van der Waals surface area contributed by atoms with Crippen molar-refractivity contribution in [1.82, 2.24) is 0 Å². The standard InChI is InChI=1S/C10H10F2O3/c1-15-8-5-3-2-4-7(8)10(11,12)6-9(13)14/h2-5H,6H2,1H3,(H,13,14). The minimum atomic E-state index is -3.42. The van der Waals surface area contributed by atoms with Gasteiger partial charge in [-0.05, 0) is 12.1 Å². The number of halogens is 2. The number of alkyl halides is 2. The minimum absolute atomic E-state index is 0.0104. The number of aliphatic carboxylic acids is 1. The van der Waals surface area contributed by atoms with Crippen molar-refractivity contribution in [3.8, 4) is 5.75 Å². The van der Waals surface area contributed by atoms with E-state index in [2.05, 4.69) is 0 Å². The molecule has 1 aromatic rings. The van der Waals surface area contributed by atoms with Gasteiger partial charge in [0.2, 0.25) is 0 Å². The highest BCUT2D eigenvalue weighted by atomic mass is 19.3. The highest BCUT2D eigenvalue weighted by Gasteiger charge is 2.37. The number of para-hydroxylation sites is 1.